The molecule has 1 aromatic rings. The lowest BCUT2D eigenvalue weighted by atomic mass is 9.95. The lowest BCUT2D eigenvalue weighted by Crippen LogP contribution is -2.34. The van der Waals surface area contributed by atoms with Crippen LogP contribution in [-0.2, 0) is 6.54 Å². The topological polar surface area (TPSA) is 29.3 Å². The summed E-state index contributed by atoms with van der Waals surface area (Å²) in [4.78, 5) is 2.57. The molecule has 0 spiro atoms. The van der Waals surface area contributed by atoms with Crippen molar-refractivity contribution in [2.24, 2.45) is 11.7 Å². The van der Waals surface area contributed by atoms with Gasteiger partial charge in [0.2, 0.25) is 0 Å². The van der Waals surface area contributed by atoms with Crippen molar-refractivity contribution in [3.63, 3.8) is 0 Å². The quantitative estimate of drug-likeness (QED) is 0.842. The molecule has 2 nitrogen and oxygen atoms in total. The molecule has 1 unspecified atom stereocenters. The first kappa shape index (κ1) is 14.1. The maximum atomic E-state index is 5.46. The number of hydrogen-bond acceptors (Lipinski definition) is 2. The van der Waals surface area contributed by atoms with Crippen molar-refractivity contribution in [2.75, 3.05) is 19.6 Å². The van der Waals surface area contributed by atoms with Crippen molar-refractivity contribution in [2.45, 2.75) is 32.7 Å². The summed E-state index contributed by atoms with van der Waals surface area (Å²) >= 11 is 0. The Labute approximate surface area is 117 Å². The van der Waals surface area contributed by atoms with Crippen LogP contribution in [0.3, 0.4) is 0 Å². The predicted molar refractivity (Wildman–Crippen MR) is 80.7 cm³/mol. The number of rotatable bonds is 3. The Morgan fingerprint density at radius 1 is 1.37 bits per heavy atom. The van der Waals surface area contributed by atoms with Crippen LogP contribution in [0.2, 0.25) is 0 Å². The fraction of sp³-hybridized carbons (Fsp3) is 0.529. The Bertz CT molecular complexity index is 456. The molecule has 2 rings (SSSR count). The van der Waals surface area contributed by atoms with E-state index in [1.54, 1.807) is 0 Å². The molecule has 0 amide bonds. The Hall–Kier alpha value is -1.30. The van der Waals surface area contributed by atoms with Gasteiger partial charge in [-0.3, -0.25) is 4.90 Å². The van der Waals surface area contributed by atoms with Crippen LogP contribution in [0.4, 0.5) is 0 Å². The second kappa shape index (κ2) is 7.33. The summed E-state index contributed by atoms with van der Waals surface area (Å²) in [7, 11) is 0. The third-order valence-corrected chi connectivity index (χ3v) is 3.92. The molecule has 2 heteroatoms. The summed E-state index contributed by atoms with van der Waals surface area (Å²) in [5.74, 6) is 7.02. The molecule has 1 saturated heterocycles. The zero-order valence-electron chi connectivity index (χ0n) is 11.9. The van der Waals surface area contributed by atoms with Gasteiger partial charge in [0.25, 0.3) is 0 Å². The lowest BCUT2D eigenvalue weighted by Gasteiger charge is -2.32. The maximum Gasteiger partial charge on any atom is 0.0555 e. The summed E-state index contributed by atoms with van der Waals surface area (Å²) < 4.78 is 0. The zero-order chi connectivity index (χ0) is 13.5. The first-order chi connectivity index (χ1) is 9.33. The lowest BCUT2D eigenvalue weighted by molar-refractivity contribution is 0.164. The Kier molecular flexibility index (Phi) is 5.44. The highest BCUT2D eigenvalue weighted by Crippen LogP contribution is 2.21. The van der Waals surface area contributed by atoms with E-state index in [4.69, 9.17) is 5.73 Å². The van der Waals surface area contributed by atoms with Crippen LogP contribution >= 0.6 is 0 Å². The van der Waals surface area contributed by atoms with Crippen molar-refractivity contribution in [3.05, 3.63) is 35.4 Å². The summed E-state index contributed by atoms with van der Waals surface area (Å²) in [5.41, 5.74) is 7.93. The van der Waals surface area contributed by atoms with E-state index < -0.39 is 0 Å². The van der Waals surface area contributed by atoms with Gasteiger partial charge >= 0.3 is 0 Å². The predicted octanol–water partition coefficient (Wildman–Crippen LogP) is 2.62. The molecule has 1 heterocycles. The molecule has 2 N–H and O–H groups in total. The van der Waals surface area contributed by atoms with Gasteiger partial charge in [0.15, 0.2) is 0 Å². The van der Waals surface area contributed by atoms with Crippen molar-refractivity contribution in [3.8, 4) is 11.8 Å². The second-order valence-corrected chi connectivity index (χ2v) is 5.31. The smallest absolute Gasteiger partial charge is 0.0555 e. The summed E-state index contributed by atoms with van der Waals surface area (Å²) in [5, 5.41) is 0. The highest BCUT2D eigenvalue weighted by atomic mass is 15.1. The Balaban J connectivity index is 2.06. The second-order valence-electron chi connectivity index (χ2n) is 5.31. The molecule has 1 aromatic carbocycles. The Morgan fingerprint density at radius 2 is 2.21 bits per heavy atom. The van der Waals surface area contributed by atoms with Gasteiger partial charge in [-0.15, -0.1) is 0 Å². The van der Waals surface area contributed by atoms with E-state index in [2.05, 4.69) is 47.9 Å². The minimum Gasteiger partial charge on any atom is -0.320 e. The molecular formula is C17H24N2. The molecule has 0 radical (unpaired) electrons. The monoisotopic (exact) mass is 256 g/mol. The van der Waals surface area contributed by atoms with E-state index in [-0.39, 0.29) is 0 Å². The van der Waals surface area contributed by atoms with Crippen LogP contribution in [-0.4, -0.2) is 24.5 Å². The molecule has 1 atom stereocenters. The van der Waals surface area contributed by atoms with Crippen LogP contribution in [0.1, 0.15) is 37.3 Å². The average molecular weight is 256 g/mol. The average Bonchev–Trinajstić information content (AvgIpc) is 2.46. The molecule has 0 bridgehead atoms. The number of benzene rings is 1. The van der Waals surface area contributed by atoms with Gasteiger partial charge in [0, 0.05) is 18.7 Å². The molecule has 0 saturated carbocycles. The first-order valence-electron chi connectivity index (χ1n) is 7.32. The fourth-order valence-electron chi connectivity index (χ4n) is 2.80. The minimum absolute atomic E-state index is 0.427. The minimum atomic E-state index is 0.427. The Morgan fingerprint density at radius 3 is 3.00 bits per heavy atom. The molecule has 0 aliphatic carbocycles. The third-order valence-electron chi connectivity index (χ3n) is 3.92. The van der Waals surface area contributed by atoms with E-state index in [1.165, 1.54) is 37.9 Å². The molecule has 1 aliphatic rings. The number of nitrogens with two attached hydrogens (primary N) is 1. The molecule has 19 heavy (non-hydrogen) atoms. The summed E-state index contributed by atoms with van der Waals surface area (Å²) in [6.45, 7) is 6.20. The van der Waals surface area contributed by atoms with Crippen LogP contribution in [0.5, 0.6) is 0 Å². The number of hydrogen-bond donors (Lipinski definition) is 1. The fourth-order valence-corrected chi connectivity index (χ4v) is 2.80. The van der Waals surface area contributed by atoms with E-state index >= 15 is 0 Å². The van der Waals surface area contributed by atoms with Gasteiger partial charge < -0.3 is 5.73 Å². The van der Waals surface area contributed by atoms with Gasteiger partial charge in [-0.1, -0.05) is 43.4 Å². The number of likely N-dealkylation sites (tertiary alicyclic amines) is 1. The van der Waals surface area contributed by atoms with Crippen molar-refractivity contribution >= 4 is 0 Å². The third kappa shape index (κ3) is 4.09. The van der Waals surface area contributed by atoms with Crippen LogP contribution in [0, 0.1) is 17.8 Å². The van der Waals surface area contributed by atoms with Crippen LogP contribution in [0.15, 0.2) is 24.3 Å². The van der Waals surface area contributed by atoms with E-state index in [1.807, 2.05) is 0 Å². The summed E-state index contributed by atoms with van der Waals surface area (Å²) in [6.07, 6.45) is 4.02. The highest BCUT2D eigenvalue weighted by Gasteiger charge is 2.18. The maximum absolute atomic E-state index is 5.46. The number of nitrogens with zero attached hydrogens (tertiary/aromatic N) is 1. The molecular weight excluding hydrogens is 232 g/mol. The van der Waals surface area contributed by atoms with Gasteiger partial charge in [0.1, 0.15) is 0 Å². The first-order valence-corrected chi connectivity index (χ1v) is 7.32. The van der Waals surface area contributed by atoms with E-state index in [0.29, 0.717) is 6.54 Å². The SMILES string of the molecule is CCC1CCCN(Cc2ccccc2C#CCN)C1. The van der Waals surface area contributed by atoms with Gasteiger partial charge in [0.05, 0.1) is 6.54 Å². The van der Waals surface area contributed by atoms with Crippen LogP contribution in [0.25, 0.3) is 0 Å². The van der Waals surface area contributed by atoms with Crippen LogP contribution < -0.4 is 5.73 Å². The normalized spacial score (nSPS) is 19.8. The highest BCUT2D eigenvalue weighted by molar-refractivity contribution is 5.41. The molecule has 102 valence electrons. The van der Waals surface area contributed by atoms with Crippen molar-refractivity contribution in [1.29, 1.82) is 0 Å². The summed E-state index contributed by atoms with van der Waals surface area (Å²) in [6, 6.07) is 8.44. The molecule has 1 fully saturated rings. The van der Waals surface area contributed by atoms with Crippen molar-refractivity contribution in [1.82, 2.24) is 4.90 Å². The van der Waals surface area contributed by atoms with Crippen molar-refractivity contribution < 1.29 is 0 Å². The van der Waals surface area contributed by atoms with E-state index in [9.17, 15) is 0 Å². The molecule has 1 aliphatic heterocycles. The number of piperidine rings is 1. The largest absolute Gasteiger partial charge is 0.320 e. The van der Waals surface area contributed by atoms with E-state index in [0.717, 1.165) is 18.0 Å². The van der Waals surface area contributed by atoms with Gasteiger partial charge in [-0.05, 0) is 36.9 Å². The molecule has 0 aromatic heterocycles. The zero-order valence-corrected chi connectivity index (χ0v) is 11.9. The standard InChI is InChI=1S/C17H24N2/c1-2-15-7-6-12-19(13-15)14-17-9-4-3-8-16(17)10-5-11-18/h3-4,8-9,15H,2,6-7,11-14,18H2,1H3. The van der Waals surface area contributed by atoms with Gasteiger partial charge in [-0.2, -0.15) is 0 Å². The van der Waals surface area contributed by atoms with Gasteiger partial charge in [-0.25, -0.2) is 0 Å².